The van der Waals surface area contributed by atoms with Crippen molar-refractivity contribution in [3.63, 3.8) is 0 Å². The fourth-order valence-corrected chi connectivity index (χ4v) is 4.80. The van der Waals surface area contributed by atoms with Crippen LogP contribution in [0.5, 0.6) is 0 Å². The van der Waals surface area contributed by atoms with E-state index >= 15 is 0 Å². The third-order valence-corrected chi connectivity index (χ3v) is 6.27. The predicted octanol–water partition coefficient (Wildman–Crippen LogP) is 1.66. The Labute approximate surface area is 123 Å². The maximum atomic E-state index is 12.6. The third-order valence-electron chi connectivity index (χ3n) is 3.64. The molecule has 2 atom stereocenters. The first-order valence-electron chi connectivity index (χ1n) is 6.33. The zero-order valence-corrected chi connectivity index (χ0v) is 12.6. The Balaban J connectivity index is 2.33. The molecule has 7 heteroatoms. The number of carboxylic acid groups (broad SMARTS) is 1. The van der Waals surface area contributed by atoms with Gasteiger partial charge in [-0.3, -0.25) is 9.69 Å². The zero-order chi connectivity index (χ0) is 14.9. The molecule has 0 radical (unpaired) electrons. The average molecular weight is 318 g/mol. The summed E-state index contributed by atoms with van der Waals surface area (Å²) >= 11 is 5.95. The smallest absolute Gasteiger partial charge is 0.320 e. The van der Waals surface area contributed by atoms with Gasteiger partial charge >= 0.3 is 5.97 Å². The van der Waals surface area contributed by atoms with Crippen LogP contribution in [-0.2, 0) is 14.6 Å². The summed E-state index contributed by atoms with van der Waals surface area (Å²) in [7, 11) is -3.62. The monoisotopic (exact) mass is 317 g/mol. The van der Waals surface area contributed by atoms with E-state index in [9.17, 15) is 13.2 Å². The Morgan fingerprint density at radius 3 is 2.60 bits per heavy atom. The Hall–Kier alpha value is -1.11. The number of hydrogen-bond donors (Lipinski definition) is 1. The van der Waals surface area contributed by atoms with E-state index in [1.54, 1.807) is 17.0 Å². The number of hydrogen-bond acceptors (Lipinski definition) is 4. The van der Waals surface area contributed by atoms with E-state index in [0.717, 1.165) is 0 Å². The molecule has 1 aromatic rings. The van der Waals surface area contributed by atoms with Crippen molar-refractivity contribution >= 4 is 27.4 Å². The molecule has 5 nitrogen and oxygen atoms in total. The standard InChI is InChI=1S/C13H16ClNO4S/c1-2-15-8-9(7-11(15)13(16)17)20(18,19)12-6-4-3-5-10(12)14/h3-6,9,11H,2,7-8H2,1H3,(H,16,17)/t9-,11+/m1/s1. The van der Waals surface area contributed by atoms with Crippen LogP contribution in [0, 0.1) is 0 Å². The van der Waals surface area contributed by atoms with Gasteiger partial charge in [0.1, 0.15) is 6.04 Å². The normalized spacial score (nSPS) is 23.9. The van der Waals surface area contributed by atoms with Crippen molar-refractivity contribution in [3.05, 3.63) is 29.3 Å². The number of aliphatic carboxylic acids is 1. The van der Waals surface area contributed by atoms with E-state index in [0.29, 0.717) is 6.54 Å². The lowest BCUT2D eigenvalue weighted by atomic mass is 10.2. The predicted molar refractivity (Wildman–Crippen MR) is 75.7 cm³/mol. The molecule has 0 saturated carbocycles. The molecule has 1 aliphatic rings. The number of halogens is 1. The summed E-state index contributed by atoms with van der Waals surface area (Å²) in [6.07, 6.45) is 0.0940. The van der Waals surface area contributed by atoms with Crippen LogP contribution in [-0.4, -0.2) is 48.8 Å². The van der Waals surface area contributed by atoms with E-state index in [2.05, 4.69) is 0 Å². The minimum Gasteiger partial charge on any atom is -0.480 e. The van der Waals surface area contributed by atoms with Crippen molar-refractivity contribution in [1.29, 1.82) is 0 Å². The number of likely N-dealkylation sites (N-methyl/N-ethyl adjacent to an activating group) is 1. The second kappa shape index (κ2) is 5.71. The average Bonchev–Trinajstić information content (AvgIpc) is 2.84. The molecule has 20 heavy (non-hydrogen) atoms. The summed E-state index contributed by atoms with van der Waals surface area (Å²) in [5.41, 5.74) is 0. The molecule has 1 aromatic carbocycles. The summed E-state index contributed by atoms with van der Waals surface area (Å²) < 4.78 is 25.2. The van der Waals surface area contributed by atoms with Gasteiger partial charge < -0.3 is 5.11 Å². The van der Waals surface area contributed by atoms with Gasteiger partial charge in [0.05, 0.1) is 15.2 Å². The first kappa shape index (κ1) is 15.3. The maximum absolute atomic E-state index is 12.6. The minimum absolute atomic E-state index is 0.0776. The fourth-order valence-electron chi connectivity index (χ4n) is 2.55. The van der Waals surface area contributed by atoms with Crippen LogP contribution in [0.2, 0.25) is 5.02 Å². The Kier molecular flexibility index (Phi) is 4.36. The maximum Gasteiger partial charge on any atom is 0.320 e. The molecule has 0 spiro atoms. The number of nitrogens with zero attached hydrogens (tertiary/aromatic N) is 1. The molecule has 0 aliphatic carbocycles. The van der Waals surface area contributed by atoms with Crippen LogP contribution in [0.25, 0.3) is 0 Å². The third kappa shape index (κ3) is 2.68. The van der Waals surface area contributed by atoms with Gasteiger partial charge in [-0.2, -0.15) is 0 Å². The lowest BCUT2D eigenvalue weighted by Crippen LogP contribution is -2.35. The molecule has 2 rings (SSSR count). The fraction of sp³-hybridized carbons (Fsp3) is 0.462. The van der Waals surface area contributed by atoms with Gasteiger partial charge in [0.15, 0.2) is 9.84 Å². The second-order valence-corrected chi connectivity index (χ2v) is 7.38. The van der Waals surface area contributed by atoms with Gasteiger partial charge in [-0.05, 0) is 25.1 Å². The Morgan fingerprint density at radius 2 is 2.10 bits per heavy atom. The highest BCUT2D eigenvalue weighted by Crippen LogP contribution is 2.31. The first-order chi connectivity index (χ1) is 9.37. The highest BCUT2D eigenvalue weighted by molar-refractivity contribution is 7.92. The number of benzene rings is 1. The number of rotatable bonds is 4. The topological polar surface area (TPSA) is 74.7 Å². The summed E-state index contributed by atoms with van der Waals surface area (Å²) in [5, 5.41) is 8.60. The number of likely N-dealkylation sites (tertiary alicyclic amines) is 1. The van der Waals surface area contributed by atoms with Gasteiger partial charge in [-0.15, -0.1) is 0 Å². The van der Waals surface area contributed by atoms with Crippen LogP contribution >= 0.6 is 11.6 Å². The van der Waals surface area contributed by atoms with Gasteiger partial charge in [0.2, 0.25) is 0 Å². The molecule has 0 amide bonds. The lowest BCUT2D eigenvalue weighted by molar-refractivity contribution is -0.142. The summed E-state index contributed by atoms with van der Waals surface area (Å²) in [6.45, 7) is 2.55. The molecular formula is C13H16ClNO4S. The van der Waals surface area contributed by atoms with E-state index in [1.165, 1.54) is 12.1 Å². The summed E-state index contributed by atoms with van der Waals surface area (Å²) in [5.74, 6) is -0.983. The zero-order valence-electron chi connectivity index (χ0n) is 11.0. The van der Waals surface area contributed by atoms with Gasteiger partial charge in [-0.1, -0.05) is 30.7 Å². The quantitative estimate of drug-likeness (QED) is 0.914. The Morgan fingerprint density at radius 1 is 1.45 bits per heavy atom. The van der Waals surface area contributed by atoms with Gasteiger partial charge in [0, 0.05) is 6.54 Å². The molecular weight excluding hydrogens is 302 g/mol. The Bertz CT molecular complexity index is 617. The molecule has 0 unspecified atom stereocenters. The number of carbonyl (C=O) groups is 1. The van der Waals surface area contributed by atoms with Crippen molar-refractivity contribution in [2.75, 3.05) is 13.1 Å². The van der Waals surface area contributed by atoms with Crippen molar-refractivity contribution in [2.24, 2.45) is 0 Å². The lowest BCUT2D eigenvalue weighted by Gasteiger charge is -2.18. The van der Waals surface area contributed by atoms with Crippen molar-refractivity contribution in [3.8, 4) is 0 Å². The molecule has 1 saturated heterocycles. The molecule has 1 heterocycles. The number of carboxylic acids is 1. The molecule has 0 bridgehead atoms. The van der Waals surface area contributed by atoms with E-state index in [1.807, 2.05) is 6.92 Å². The molecule has 110 valence electrons. The van der Waals surface area contributed by atoms with E-state index in [-0.39, 0.29) is 22.9 Å². The van der Waals surface area contributed by atoms with Crippen LogP contribution in [0.1, 0.15) is 13.3 Å². The largest absolute Gasteiger partial charge is 0.480 e. The van der Waals surface area contributed by atoms with Crippen LogP contribution in [0.15, 0.2) is 29.2 Å². The molecule has 1 aliphatic heterocycles. The van der Waals surface area contributed by atoms with Crippen molar-refractivity contribution in [2.45, 2.75) is 29.5 Å². The van der Waals surface area contributed by atoms with E-state index in [4.69, 9.17) is 16.7 Å². The second-order valence-electron chi connectivity index (χ2n) is 4.77. The minimum atomic E-state index is -3.62. The first-order valence-corrected chi connectivity index (χ1v) is 8.25. The van der Waals surface area contributed by atoms with Crippen LogP contribution in [0.4, 0.5) is 0 Å². The van der Waals surface area contributed by atoms with Crippen molar-refractivity contribution in [1.82, 2.24) is 4.90 Å². The van der Waals surface area contributed by atoms with Crippen LogP contribution < -0.4 is 0 Å². The van der Waals surface area contributed by atoms with Crippen molar-refractivity contribution < 1.29 is 18.3 Å². The SMILES string of the molecule is CCN1C[C@H](S(=O)(=O)c2ccccc2Cl)C[C@H]1C(=O)O. The number of sulfone groups is 1. The van der Waals surface area contributed by atoms with Gasteiger partial charge in [-0.25, -0.2) is 8.42 Å². The molecule has 1 N–H and O–H groups in total. The van der Waals surface area contributed by atoms with Crippen LogP contribution in [0.3, 0.4) is 0 Å². The molecule has 1 fully saturated rings. The highest BCUT2D eigenvalue weighted by atomic mass is 35.5. The summed E-state index contributed by atoms with van der Waals surface area (Å²) in [6, 6.07) is 5.51. The van der Waals surface area contributed by atoms with Gasteiger partial charge in [0.25, 0.3) is 0 Å². The summed E-state index contributed by atoms with van der Waals surface area (Å²) in [4.78, 5) is 12.9. The highest BCUT2D eigenvalue weighted by Gasteiger charge is 2.43. The van der Waals surface area contributed by atoms with E-state index < -0.39 is 27.1 Å². The molecule has 0 aromatic heterocycles.